The fourth-order valence-electron chi connectivity index (χ4n) is 2.66. The highest BCUT2D eigenvalue weighted by Gasteiger charge is 2.28. The quantitative estimate of drug-likeness (QED) is 0.871. The first-order valence-corrected chi connectivity index (χ1v) is 6.36. The summed E-state index contributed by atoms with van der Waals surface area (Å²) in [5.74, 6) is 1.20. The maximum atomic E-state index is 6.21. The van der Waals surface area contributed by atoms with E-state index in [4.69, 9.17) is 10.5 Å². The van der Waals surface area contributed by atoms with Crippen LogP contribution in [0.5, 0.6) is 6.01 Å². The van der Waals surface area contributed by atoms with Gasteiger partial charge in [-0.15, -0.1) is 0 Å². The molecule has 17 heavy (non-hydrogen) atoms. The molecule has 0 amide bonds. The fraction of sp³-hybridized carbons (Fsp3) is 0.692. The van der Waals surface area contributed by atoms with Crippen molar-refractivity contribution in [2.75, 3.05) is 7.11 Å². The number of methoxy groups -OCH3 is 1. The van der Waals surface area contributed by atoms with E-state index < -0.39 is 0 Å². The van der Waals surface area contributed by atoms with Crippen LogP contribution < -0.4 is 10.5 Å². The number of nitrogens with two attached hydrogens (primary N) is 1. The van der Waals surface area contributed by atoms with E-state index in [1.165, 1.54) is 12.8 Å². The summed E-state index contributed by atoms with van der Waals surface area (Å²) in [4.78, 5) is 8.34. The van der Waals surface area contributed by atoms with E-state index in [0.717, 1.165) is 24.3 Å². The molecule has 1 aliphatic rings. The van der Waals surface area contributed by atoms with E-state index in [1.54, 1.807) is 7.11 Å². The fourth-order valence-corrected chi connectivity index (χ4v) is 2.66. The van der Waals surface area contributed by atoms with Gasteiger partial charge in [-0.25, -0.2) is 9.97 Å². The molecule has 1 heterocycles. The zero-order valence-corrected chi connectivity index (χ0v) is 10.6. The van der Waals surface area contributed by atoms with Crippen molar-refractivity contribution in [1.82, 2.24) is 9.97 Å². The molecule has 1 aromatic rings. The molecule has 4 nitrogen and oxygen atoms in total. The summed E-state index contributed by atoms with van der Waals surface area (Å²) in [6, 6.07) is 0.667. The molecule has 1 fully saturated rings. The number of nitrogens with zero attached hydrogens (tertiary/aromatic N) is 2. The minimum Gasteiger partial charge on any atom is -0.467 e. The van der Waals surface area contributed by atoms with Crippen molar-refractivity contribution < 1.29 is 4.74 Å². The molecule has 0 spiro atoms. The average molecular weight is 235 g/mol. The van der Waals surface area contributed by atoms with Gasteiger partial charge in [0.1, 0.15) is 0 Å². The van der Waals surface area contributed by atoms with Crippen LogP contribution in [0.25, 0.3) is 0 Å². The molecular formula is C13H21N3O. The van der Waals surface area contributed by atoms with Crippen molar-refractivity contribution >= 4 is 0 Å². The van der Waals surface area contributed by atoms with Crippen LogP contribution in [0.15, 0.2) is 12.4 Å². The largest absolute Gasteiger partial charge is 0.467 e. The van der Waals surface area contributed by atoms with E-state index >= 15 is 0 Å². The monoisotopic (exact) mass is 235 g/mol. The Balaban J connectivity index is 2.12. The van der Waals surface area contributed by atoms with Gasteiger partial charge in [-0.1, -0.05) is 13.3 Å². The normalized spacial score (nSPS) is 29.0. The lowest BCUT2D eigenvalue weighted by atomic mass is 9.75. The lowest BCUT2D eigenvalue weighted by Gasteiger charge is -2.33. The second-order valence-electron chi connectivity index (χ2n) is 4.86. The third-order valence-electron chi connectivity index (χ3n) is 3.85. The Bertz CT molecular complexity index is 352. The Kier molecular flexibility index (Phi) is 3.94. The summed E-state index contributed by atoms with van der Waals surface area (Å²) in [6.45, 7) is 2.25. The highest BCUT2D eigenvalue weighted by atomic mass is 16.5. The molecule has 0 bridgehead atoms. The molecule has 3 atom stereocenters. The van der Waals surface area contributed by atoms with Gasteiger partial charge in [0.2, 0.25) is 0 Å². The van der Waals surface area contributed by atoms with Crippen molar-refractivity contribution in [2.45, 2.75) is 44.6 Å². The van der Waals surface area contributed by atoms with Crippen LogP contribution in [-0.2, 0) is 0 Å². The van der Waals surface area contributed by atoms with Crippen LogP contribution in [-0.4, -0.2) is 23.1 Å². The Labute approximate surface area is 103 Å². The molecule has 1 aliphatic carbocycles. The van der Waals surface area contributed by atoms with E-state index in [0.29, 0.717) is 11.9 Å². The molecule has 0 aliphatic heterocycles. The minimum absolute atomic E-state index is 0.245. The lowest BCUT2D eigenvalue weighted by molar-refractivity contribution is 0.281. The molecule has 2 N–H and O–H groups in total. The number of rotatable bonds is 3. The lowest BCUT2D eigenvalue weighted by Crippen LogP contribution is -2.34. The van der Waals surface area contributed by atoms with Crippen LogP contribution in [0.2, 0.25) is 0 Å². The first-order valence-electron chi connectivity index (χ1n) is 6.36. The van der Waals surface area contributed by atoms with Crippen LogP contribution in [0, 0.1) is 5.92 Å². The van der Waals surface area contributed by atoms with Crippen molar-refractivity contribution in [1.29, 1.82) is 0 Å². The van der Waals surface area contributed by atoms with E-state index in [1.807, 2.05) is 12.4 Å². The minimum atomic E-state index is 0.245. The van der Waals surface area contributed by atoms with Gasteiger partial charge in [0.05, 0.1) is 7.11 Å². The van der Waals surface area contributed by atoms with Crippen LogP contribution in [0.4, 0.5) is 0 Å². The maximum Gasteiger partial charge on any atom is 0.316 e. The van der Waals surface area contributed by atoms with Gasteiger partial charge >= 0.3 is 6.01 Å². The standard InChI is InChI=1S/C13H21N3O/c1-3-9-4-5-12(14)11(6-9)10-7-15-13(17-2)16-8-10/h7-9,11-12H,3-6,14H2,1-2H3. The summed E-state index contributed by atoms with van der Waals surface area (Å²) < 4.78 is 4.97. The van der Waals surface area contributed by atoms with Gasteiger partial charge < -0.3 is 10.5 Å². The molecule has 94 valence electrons. The highest BCUT2D eigenvalue weighted by Crippen LogP contribution is 2.36. The van der Waals surface area contributed by atoms with Gasteiger partial charge in [-0.3, -0.25) is 0 Å². The second kappa shape index (κ2) is 5.45. The molecule has 1 saturated carbocycles. The van der Waals surface area contributed by atoms with Gasteiger partial charge in [-0.2, -0.15) is 0 Å². The summed E-state index contributed by atoms with van der Waals surface area (Å²) in [5.41, 5.74) is 7.36. The van der Waals surface area contributed by atoms with Gasteiger partial charge in [0, 0.05) is 24.4 Å². The Hall–Kier alpha value is -1.16. The first-order chi connectivity index (χ1) is 8.24. The molecule has 2 rings (SSSR count). The SMILES string of the molecule is CCC1CCC(N)C(c2cnc(OC)nc2)C1. The molecular weight excluding hydrogens is 214 g/mol. The maximum absolute atomic E-state index is 6.21. The Morgan fingerprint density at radius 1 is 1.35 bits per heavy atom. The molecule has 0 saturated heterocycles. The number of hydrogen-bond acceptors (Lipinski definition) is 4. The summed E-state index contributed by atoms with van der Waals surface area (Å²) in [5, 5.41) is 0. The second-order valence-corrected chi connectivity index (χ2v) is 4.86. The summed E-state index contributed by atoms with van der Waals surface area (Å²) in [7, 11) is 1.58. The van der Waals surface area contributed by atoms with Crippen LogP contribution in [0.1, 0.15) is 44.1 Å². The molecule has 0 aromatic carbocycles. The molecule has 1 aromatic heterocycles. The van der Waals surface area contributed by atoms with Crippen molar-refractivity contribution in [3.8, 4) is 6.01 Å². The van der Waals surface area contributed by atoms with E-state index in [2.05, 4.69) is 16.9 Å². The van der Waals surface area contributed by atoms with Crippen molar-refractivity contribution in [3.63, 3.8) is 0 Å². The van der Waals surface area contributed by atoms with Crippen molar-refractivity contribution in [3.05, 3.63) is 18.0 Å². The number of aromatic nitrogens is 2. The van der Waals surface area contributed by atoms with Gasteiger partial charge in [0.15, 0.2) is 0 Å². The predicted molar refractivity (Wildman–Crippen MR) is 66.9 cm³/mol. The third kappa shape index (κ3) is 2.75. The smallest absolute Gasteiger partial charge is 0.316 e. The average Bonchev–Trinajstić information content (AvgIpc) is 2.39. The third-order valence-corrected chi connectivity index (χ3v) is 3.85. The van der Waals surface area contributed by atoms with Crippen molar-refractivity contribution in [2.24, 2.45) is 11.7 Å². The molecule has 0 radical (unpaired) electrons. The van der Waals surface area contributed by atoms with Gasteiger partial charge in [-0.05, 0) is 30.7 Å². The summed E-state index contributed by atoms with van der Waals surface area (Å²) in [6.07, 6.45) is 8.47. The first kappa shape index (κ1) is 12.3. The van der Waals surface area contributed by atoms with Gasteiger partial charge in [0.25, 0.3) is 0 Å². The molecule has 3 unspecified atom stereocenters. The van der Waals surface area contributed by atoms with E-state index in [9.17, 15) is 0 Å². The predicted octanol–water partition coefficient (Wildman–Crippen LogP) is 2.11. The zero-order chi connectivity index (χ0) is 12.3. The Morgan fingerprint density at radius 3 is 2.65 bits per heavy atom. The zero-order valence-electron chi connectivity index (χ0n) is 10.6. The van der Waals surface area contributed by atoms with E-state index in [-0.39, 0.29) is 6.04 Å². The number of ether oxygens (including phenoxy) is 1. The number of hydrogen-bond donors (Lipinski definition) is 1. The van der Waals surface area contributed by atoms with Crippen LogP contribution in [0.3, 0.4) is 0 Å². The Morgan fingerprint density at radius 2 is 2.06 bits per heavy atom. The summed E-state index contributed by atoms with van der Waals surface area (Å²) >= 11 is 0. The highest BCUT2D eigenvalue weighted by molar-refractivity contribution is 5.16. The van der Waals surface area contributed by atoms with Crippen LogP contribution >= 0.6 is 0 Å². The topological polar surface area (TPSA) is 61.0 Å². The molecule has 4 heteroatoms.